The van der Waals surface area contributed by atoms with E-state index in [-0.39, 0.29) is 0 Å². The molecule has 6 nitrogen and oxygen atoms in total. The molecule has 1 aromatic rings. The first kappa shape index (κ1) is 14.5. The maximum Gasteiger partial charge on any atom is 0.337 e. The zero-order chi connectivity index (χ0) is 14.4. The Morgan fingerprint density at radius 1 is 1.30 bits per heavy atom. The first-order valence-corrected chi connectivity index (χ1v) is 6.46. The third-order valence-electron chi connectivity index (χ3n) is 2.97. The van der Waals surface area contributed by atoms with Gasteiger partial charge in [0.25, 0.3) is 5.91 Å². The molecule has 20 heavy (non-hydrogen) atoms. The molecule has 1 unspecified atom stereocenters. The minimum Gasteiger partial charge on any atom is -0.465 e. The van der Waals surface area contributed by atoms with E-state index in [1.165, 1.54) is 13.2 Å². The molecule has 1 fully saturated rings. The Labute approximate surface area is 117 Å². The van der Waals surface area contributed by atoms with Crippen molar-refractivity contribution in [2.45, 2.75) is 25.6 Å². The molecule has 6 heteroatoms. The largest absolute Gasteiger partial charge is 0.465 e. The van der Waals surface area contributed by atoms with Crippen LogP contribution in [0, 0.1) is 0 Å². The van der Waals surface area contributed by atoms with Gasteiger partial charge in [0, 0.05) is 18.6 Å². The summed E-state index contributed by atoms with van der Waals surface area (Å²) in [5, 5.41) is 0. The zero-order valence-corrected chi connectivity index (χ0v) is 11.3. The van der Waals surface area contributed by atoms with Gasteiger partial charge in [-0.25, -0.2) is 15.1 Å². The number of methoxy groups -OCH3 is 1. The SMILES string of the molecule is COC(=O)c1cccc(C(=O)NOC2CCCCO2)c1. The molecule has 0 saturated carbocycles. The minimum atomic E-state index is -0.490. The number of hydroxylamine groups is 1. The van der Waals surface area contributed by atoms with Crippen molar-refractivity contribution in [1.29, 1.82) is 0 Å². The molecule has 0 radical (unpaired) electrons. The highest BCUT2D eigenvalue weighted by atomic mass is 16.8. The monoisotopic (exact) mass is 279 g/mol. The van der Waals surface area contributed by atoms with Crippen LogP contribution in [-0.2, 0) is 14.3 Å². The van der Waals surface area contributed by atoms with E-state index in [1.54, 1.807) is 18.2 Å². The summed E-state index contributed by atoms with van der Waals surface area (Å²) in [6, 6.07) is 6.23. The number of ether oxygens (including phenoxy) is 2. The Morgan fingerprint density at radius 3 is 2.80 bits per heavy atom. The molecule has 1 saturated heterocycles. The van der Waals surface area contributed by atoms with Gasteiger partial charge in [-0.05, 0) is 31.0 Å². The van der Waals surface area contributed by atoms with Gasteiger partial charge in [-0.3, -0.25) is 4.79 Å². The van der Waals surface area contributed by atoms with Crippen molar-refractivity contribution < 1.29 is 23.9 Å². The van der Waals surface area contributed by atoms with Crippen LogP contribution in [-0.4, -0.2) is 31.9 Å². The van der Waals surface area contributed by atoms with Crippen LogP contribution in [0.5, 0.6) is 0 Å². The quantitative estimate of drug-likeness (QED) is 0.670. The molecule has 0 aliphatic carbocycles. The van der Waals surface area contributed by atoms with E-state index >= 15 is 0 Å². The lowest BCUT2D eigenvalue weighted by Crippen LogP contribution is -2.33. The van der Waals surface area contributed by atoms with Gasteiger partial charge in [-0.2, -0.15) is 0 Å². The van der Waals surface area contributed by atoms with Crippen LogP contribution in [0.2, 0.25) is 0 Å². The molecule has 0 spiro atoms. The Bertz CT molecular complexity index is 482. The molecule has 1 amide bonds. The fourth-order valence-electron chi connectivity index (χ4n) is 1.89. The van der Waals surface area contributed by atoms with Crippen LogP contribution < -0.4 is 5.48 Å². The average molecular weight is 279 g/mol. The van der Waals surface area contributed by atoms with Gasteiger partial charge in [-0.1, -0.05) is 6.07 Å². The fraction of sp³-hybridized carbons (Fsp3) is 0.429. The summed E-state index contributed by atoms with van der Waals surface area (Å²) in [7, 11) is 1.29. The van der Waals surface area contributed by atoms with E-state index in [9.17, 15) is 9.59 Å². The zero-order valence-electron chi connectivity index (χ0n) is 11.3. The van der Waals surface area contributed by atoms with Crippen LogP contribution >= 0.6 is 0 Å². The number of esters is 1. The van der Waals surface area contributed by atoms with Gasteiger partial charge in [0.1, 0.15) is 0 Å². The molecule has 2 rings (SSSR count). The predicted molar refractivity (Wildman–Crippen MR) is 69.9 cm³/mol. The van der Waals surface area contributed by atoms with E-state index in [0.29, 0.717) is 17.7 Å². The van der Waals surface area contributed by atoms with Crippen molar-refractivity contribution in [3.63, 3.8) is 0 Å². The molecule has 1 heterocycles. The Hall–Kier alpha value is -1.92. The summed E-state index contributed by atoms with van der Waals surface area (Å²) in [5.41, 5.74) is 2.97. The second kappa shape index (κ2) is 7.02. The molecule has 108 valence electrons. The van der Waals surface area contributed by atoms with Gasteiger partial charge in [-0.15, -0.1) is 0 Å². The highest BCUT2D eigenvalue weighted by molar-refractivity contribution is 5.97. The summed E-state index contributed by atoms with van der Waals surface area (Å²) >= 11 is 0. The normalized spacial score (nSPS) is 18.4. The number of benzene rings is 1. The van der Waals surface area contributed by atoms with E-state index in [0.717, 1.165) is 19.3 Å². The Kier molecular flexibility index (Phi) is 5.09. The predicted octanol–water partition coefficient (Wildman–Crippen LogP) is 1.66. The van der Waals surface area contributed by atoms with Crippen LogP contribution in [0.25, 0.3) is 0 Å². The first-order valence-electron chi connectivity index (χ1n) is 6.46. The third kappa shape index (κ3) is 3.79. The molecule has 1 N–H and O–H groups in total. The van der Waals surface area contributed by atoms with Crippen molar-refractivity contribution in [3.8, 4) is 0 Å². The fourth-order valence-corrected chi connectivity index (χ4v) is 1.89. The molecule has 1 aliphatic rings. The smallest absolute Gasteiger partial charge is 0.337 e. The van der Waals surface area contributed by atoms with Gasteiger partial charge in [0.05, 0.1) is 12.7 Å². The lowest BCUT2D eigenvalue weighted by Gasteiger charge is -2.22. The molecule has 0 bridgehead atoms. The maximum atomic E-state index is 11.9. The first-order chi connectivity index (χ1) is 9.70. The molecule has 1 aromatic carbocycles. The lowest BCUT2D eigenvalue weighted by molar-refractivity contribution is -0.186. The van der Waals surface area contributed by atoms with E-state index < -0.39 is 18.2 Å². The van der Waals surface area contributed by atoms with Gasteiger partial charge < -0.3 is 9.47 Å². The number of amides is 1. The van der Waals surface area contributed by atoms with E-state index in [4.69, 9.17) is 9.57 Å². The van der Waals surface area contributed by atoms with Crippen molar-refractivity contribution >= 4 is 11.9 Å². The number of hydrogen-bond acceptors (Lipinski definition) is 5. The number of carbonyl (C=O) groups is 2. The van der Waals surface area contributed by atoms with Crippen molar-refractivity contribution in [2.24, 2.45) is 0 Å². The number of nitrogens with one attached hydrogen (secondary N) is 1. The number of rotatable bonds is 4. The molecule has 1 atom stereocenters. The highest BCUT2D eigenvalue weighted by Crippen LogP contribution is 2.13. The molecule has 1 aliphatic heterocycles. The second-order valence-electron chi connectivity index (χ2n) is 4.42. The van der Waals surface area contributed by atoms with Gasteiger partial charge in [0.2, 0.25) is 0 Å². The summed E-state index contributed by atoms with van der Waals surface area (Å²) < 4.78 is 9.94. The van der Waals surface area contributed by atoms with Gasteiger partial charge >= 0.3 is 5.97 Å². The van der Waals surface area contributed by atoms with Crippen LogP contribution in [0.1, 0.15) is 40.0 Å². The van der Waals surface area contributed by atoms with Crippen molar-refractivity contribution in [1.82, 2.24) is 5.48 Å². The Balaban J connectivity index is 1.93. The van der Waals surface area contributed by atoms with E-state index in [2.05, 4.69) is 10.2 Å². The van der Waals surface area contributed by atoms with Crippen molar-refractivity contribution in [2.75, 3.05) is 13.7 Å². The Morgan fingerprint density at radius 2 is 2.10 bits per heavy atom. The van der Waals surface area contributed by atoms with Crippen LogP contribution in [0.3, 0.4) is 0 Å². The molecular weight excluding hydrogens is 262 g/mol. The maximum absolute atomic E-state index is 11.9. The van der Waals surface area contributed by atoms with Gasteiger partial charge in [0.15, 0.2) is 6.29 Å². The second-order valence-corrected chi connectivity index (χ2v) is 4.42. The number of carbonyl (C=O) groups excluding carboxylic acids is 2. The highest BCUT2D eigenvalue weighted by Gasteiger charge is 2.17. The molecular formula is C14H17NO5. The van der Waals surface area contributed by atoms with Crippen LogP contribution in [0.15, 0.2) is 24.3 Å². The standard InChI is InChI=1S/C14H17NO5/c1-18-14(17)11-6-4-5-10(9-11)13(16)15-20-12-7-2-3-8-19-12/h4-6,9,12H,2-3,7-8H2,1H3,(H,15,16). The molecule has 0 aromatic heterocycles. The van der Waals surface area contributed by atoms with Crippen LogP contribution in [0.4, 0.5) is 0 Å². The summed E-state index contributed by atoms with van der Waals surface area (Å²) in [5.74, 6) is -0.916. The van der Waals surface area contributed by atoms with Crippen molar-refractivity contribution in [3.05, 3.63) is 35.4 Å². The average Bonchev–Trinajstić information content (AvgIpc) is 2.53. The summed E-state index contributed by atoms with van der Waals surface area (Å²) in [4.78, 5) is 28.5. The lowest BCUT2D eigenvalue weighted by atomic mass is 10.1. The summed E-state index contributed by atoms with van der Waals surface area (Å²) in [6.45, 7) is 0.637. The van der Waals surface area contributed by atoms with E-state index in [1.807, 2.05) is 0 Å². The number of hydrogen-bond donors (Lipinski definition) is 1. The topological polar surface area (TPSA) is 73.9 Å². The summed E-state index contributed by atoms with van der Waals surface area (Å²) in [6.07, 6.45) is 2.37. The third-order valence-corrected chi connectivity index (χ3v) is 2.97. The minimum absolute atomic E-state index is 0.314.